The lowest BCUT2D eigenvalue weighted by atomic mass is 10.1. The Balaban J connectivity index is 1.99. The third kappa shape index (κ3) is 2.15. The first kappa shape index (κ1) is 14.7. The molecule has 0 radical (unpaired) electrons. The number of halogens is 3. The molecule has 1 fully saturated rings. The van der Waals surface area contributed by atoms with Gasteiger partial charge in [0.2, 0.25) is 0 Å². The number of amides is 1. The van der Waals surface area contributed by atoms with Crippen LogP contribution < -0.4 is 4.90 Å². The van der Waals surface area contributed by atoms with Crippen molar-refractivity contribution in [2.24, 2.45) is 0 Å². The number of nitrogens with zero attached hydrogens (tertiary/aromatic N) is 4. The lowest BCUT2D eigenvalue weighted by Gasteiger charge is -2.12. The summed E-state index contributed by atoms with van der Waals surface area (Å²) in [5.74, 6) is 0.321. The van der Waals surface area contributed by atoms with Gasteiger partial charge in [-0.3, -0.25) is 9.30 Å². The Morgan fingerprint density at radius 3 is 2.71 bits per heavy atom. The number of aromatic nitrogens is 3. The van der Waals surface area contributed by atoms with Gasteiger partial charge in [0.05, 0.1) is 18.3 Å². The van der Waals surface area contributed by atoms with Crippen molar-refractivity contribution in [3.05, 3.63) is 35.7 Å². The number of rotatable bonds is 1. The number of imidazole rings is 1. The van der Waals surface area contributed by atoms with E-state index in [-0.39, 0.29) is 23.3 Å². The van der Waals surface area contributed by atoms with Gasteiger partial charge in [-0.15, -0.1) is 0 Å². The van der Waals surface area contributed by atoms with Crippen molar-refractivity contribution in [2.75, 3.05) is 18.1 Å². The van der Waals surface area contributed by atoms with Gasteiger partial charge in [-0.1, -0.05) is 0 Å². The van der Waals surface area contributed by atoms with Crippen molar-refractivity contribution < 1.29 is 22.7 Å². The highest BCUT2D eigenvalue weighted by atomic mass is 19.4. The van der Waals surface area contributed by atoms with Gasteiger partial charge >= 0.3 is 12.3 Å². The molecular weight excluding hydrogens is 325 g/mol. The van der Waals surface area contributed by atoms with Gasteiger partial charge in [0.15, 0.2) is 5.82 Å². The van der Waals surface area contributed by atoms with Crippen molar-refractivity contribution in [2.45, 2.75) is 13.1 Å². The van der Waals surface area contributed by atoms with Crippen LogP contribution in [0.25, 0.3) is 16.7 Å². The fourth-order valence-electron chi connectivity index (χ4n) is 2.81. The van der Waals surface area contributed by atoms with Gasteiger partial charge in [0.1, 0.15) is 17.9 Å². The molecule has 0 atom stereocenters. The van der Waals surface area contributed by atoms with Crippen molar-refractivity contribution in [3.63, 3.8) is 0 Å². The van der Waals surface area contributed by atoms with E-state index in [1.807, 2.05) is 0 Å². The normalized spacial score (nSPS) is 15.5. The molecule has 1 amide bonds. The second kappa shape index (κ2) is 4.83. The summed E-state index contributed by atoms with van der Waals surface area (Å²) in [7, 11) is 0. The highest BCUT2D eigenvalue weighted by Crippen LogP contribution is 2.35. The molecule has 4 rings (SSSR count). The van der Waals surface area contributed by atoms with Crippen LogP contribution in [0, 0.1) is 6.92 Å². The Kier molecular flexibility index (Phi) is 2.96. The van der Waals surface area contributed by atoms with E-state index in [1.165, 1.54) is 34.6 Å². The Morgan fingerprint density at radius 1 is 1.25 bits per heavy atom. The third-order valence-corrected chi connectivity index (χ3v) is 3.86. The second-order valence-electron chi connectivity index (χ2n) is 5.47. The molecule has 0 N–H and O–H groups in total. The number of carbonyl (C=O) groups excluding carboxylic acids is 1. The molecule has 9 heteroatoms. The van der Waals surface area contributed by atoms with Crippen LogP contribution in [0.15, 0.2) is 24.4 Å². The Bertz CT molecular complexity index is 980. The first-order chi connectivity index (χ1) is 11.3. The van der Waals surface area contributed by atoms with E-state index in [0.29, 0.717) is 18.0 Å². The van der Waals surface area contributed by atoms with Crippen LogP contribution in [-0.2, 0) is 10.9 Å². The van der Waals surface area contributed by atoms with Crippen molar-refractivity contribution in [1.82, 2.24) is 14.4 Å². The summed E-state index contributed by atoms with van der Waals surface area (Å²) >= 11 is 0. The van der Waals surface area contributed by atoms with Crippen LogP contribution in [0.3, 0.4) is 0 Å². The van der Waals surface area contributed by atoms with Gasteiger partial charge in [-0.2, -0.15) is 13.2 Å². The number of fused-ring (bicyclic) bond motifs is 3. The number of alkyl halides is 3. The maximum Gasteiger partial charge on any atom is 0.417 e. The van der Waals surface area contributed by atoms with Crippen LogP contribution >= 0.6 is 0 Å². The second-order valence-corrected chi connectivity index (χ2v) is 5.47. The van der Waals surface area contributed by atoms with Crippen molar-refractivity contribution >= 4 is 28.6 Å². The smallest absolute Gasteiger partial charge is 0.417 e. The van der Waals surface area contributed by atoms with Gasteiger partial charge < -0.3 is 4.74 Å². The standard InChI is InChI=1S/C15H11F3N4O2/c1-8-6-10(15(16,17)18)9-2-3-11-20-12(7-22(11)13(9)19-8)21-4-5-24-14(21)23/h2-3,6-7H,4-5H2,1H3. The lowest BCUT2D eigenvalue weighted by Crippen LogP contribution is -2.23. The molecule has 1 aliphatic rings. The van der Waals surface area contributed by atoms with Crippen LogP contribution in [0.5, 0.6) is 0 Å². The summed E-state index contributed by atoms with van der Waals surface area (Å²) in [6.07, 6.45) is -3.51. The number of ether oxygens (including phenoxy) is 1. The zero-order chi connectivity index (χ0) is 17.1. The molecule has 124 valence electrons. The molecule has 3 aromatic heterocycles. The zero-order valence-corrected chi connectivity index (χ0v) is 12.5. The first-order valence-corrected chi connectivity index (χ1v) is 7.15. The van der Waals surface area contributed by atoms with E-state index in [1.54, 1.807) is 0 Å². The summed E-state index contributed by atoms with van der Waals surface area (Å²) in [4.78, 5) is 21.5. The van der Waals surface area contributed by atoms with Crippen LogP contribution in [0.1, 0.15) is 11.3 Å². The molecule has 0 unspecified atom stereocenters. The zero-order valence-electron chi connectivity index (χ0n) is 12.5. The summed E-state index contributed by atoms with van der Waals surface area (Å²) in [5.41, 5.74) is 0.0513. The van der Waals surface area contributed by atoms with Gasteiger partial charge in [0.25, 0.3) is 0 Å². The lowest BCUT2D eigenvalue weighted by molar-refractivity contribution is -0.136. The SMILES string of the molecule is Cc1cc(C(F)(F)F)c2ccc3nc(N4CCOC4=O)cn3c2n1. The predicted octanol–water partition coefficient (Wildman–Crippen LogP) is 3.17. The number of hydrogen-bond acceptors (Lipinski definition) is 4. The number of aryl methyl sites for hydroxylation is 1. The Hall–Kier alpha value is -2.84. The summed E-state index contributed by atoms with van der Waals surface area (Å²) in [6.45, 7) is 2.10. The minimum Gasteiger partial charge on any atom is -0.447 e. The number of carbonyl (C=O) groups is 1. The first-order valence-electron chi connectivity index (χ1n) is 7.15. The monoisotopic (exact) mass is 336 g/mol. The van der Waals surface area contributed by atoms with E-state index in [9.17, 15) is 18.0 Å². The summed E-state index contributed by atoms with van der Waals surface area (Å²) < 4.78 is 46.2. The maximum absolute atomic E-state index is 13.3. The van der Waals surface area contributed by atoms with E-state index >= 15 is 0 Å². The molecule has 0 bridgehead atoms. The van der Waals surface area contributed by atoms with Crippen LogP contribution in [0.2, 0.25) is 0 Å². The highest BCUT2D eigenvalue weighted by Gasteiger charge is 2.34. The Morgan fingerprint density at radius 2 is 2.04 bits per heavy atom. The molecule has 1 saturated heterocycles. The van der Waals surface area contributed by atoms with E-state index in [0.717, 1.165) is 6.07 Å². The van der Waals surface area contributed by atoms with Gasteiger partial charge in [0, 0.05) is 11.1 Å². The molecule has 0 spiro atoms. The average molecular weight is 336 g/mol. The maximum atomic E-state index is 13.3. The third-order valence-electron chi connectivity index (χ3n) is 3.86. The molecular formula is C15H11F3N4O2. The predicted molar refractivity (Wildman–Crippen MR) is 78.9 cm³/mol. The minimum atomic E-state index is -4.48. The molecule has 6 nitrogen and oxygen atoms in total. The fourth-order valence-corrected chi connectivity index (χ4v) is 2.81. The molecule has 0 aliphatic carbocycles. The molecule has 24 heavy (non-hydrogen) atoms. The fraction of sp³-hybridized carbons (Fsp3) is 0.267. The summed E-state index contributed by atoms with van der Waals surface area (Å²) in [5, 5.41) is -0.0199. The van der Waals surface area contributed by atoms with E-state index in [4.69, 9.17) is 4.74 Å². The topological polar surface area (TPSA) is 59.7 Å². The van der Waals surface area contributed by atoms with Gasteiger partial charge in [-0.25, -0.2) is 14.8 Å². The Labute approximate surface area is 133 Å². The van der Waals surface area contributed by atoms with E-state index in [2.05, 4.69) is 9.97 Å². The quantitative estimate of drug-likeness (QED) is 0.685. The van der Waals surface area contributed by atoms with Crippen LogP contribution in [-0.4, -0.2) is 33.6 Å². The molecule has 3 aromatic rings. The number of anilines is 1. The highest BCUT2D eigenvalue weighted by molar-refractivity contribution is 5.89. The van der Waals surface area contributed by atoms with Gasteiger partial charge in [-0.05, 0) is 25.1 Å². The van der Waals surface area contributed by atoms with E-state index < -0.39 is 17.8 Å². The molecule has 0 aromatic carbocycles. The van der Waals surface area contributed by atoms with Crippen molar-refractivity contribution in [3.8, 4) is 0 Å². The number of hydrogen-bond donors (Lipinski definition) is 0. The largest absolute Gasteiger partial charge is 0.447 e. The molecule has 4 heterocycles. The number of cyclic esters (lactones) is 1. The summed E-state index contributed by atoms with van der Waals surface area (Å²) in [6, 6.07) is 3.84. The average Bonchev–Trinajstić information content (AvgIpc) is 3.10. The minimum absolute atomic E-state index is 0.0199. The van der Waals surface area contributed by atoms with Crippen molar-refractivity contribution in [1.29, 1.82) is 0 Å². The number of pyridine rings is 2. The molecule has 1 aliphatic heterocycles. The molecule has 0 saturated carbocycles. The van der Waals surface area contributed by atoms with Crippen LogP contribution in [0.4, 0.5) is 23.8 Å².